The molecule has 0 bridgehead atoms. The molecule has 0 unspecified atom stereocenters. The third-order valence-electron chi connectivity index (χ3n) is 2.21. The van der Waals surface area contributed by atoms with E-state index in [0.717, 1.165) is 36.0 Å². The van der Waals surface area contributed by atoms with Gasteiger partial charge < -0.3 is 9.73 Å². The van der Waals surface area contributed by atoms with E-state index in [1.807, 2.05) is 31.2 Å². The van der Waals surface area contributed by atoms with Crippen LogP contribution in [0.2, 0.25) is 0 Å². The van der Waals surface area contributed by atoms with Crippen LogP contribution < -0.4 is 5.32 Å². The van der Waals surface area contributed by atoms with Gasteiger partial charge in [0.15, 0.2) is 5.76 Å². The minimum atomic E-state index is 0.757. The summed E-state index contributed by atoms with van der Waals surface area (Å²) in [5.74, 6) is 2.44. The minimum absolute atomic E-state index is 0.757. The normalized spacial score (nSPS) is 10.4. The van der Waals surface area contributed by atoms with Crippen molar-refractivity contribution in [2.75, 3.05) is 11.9 Å². The van der Waals surface area contributed by atoms with Gasteiger partial charge in [0, 0.05) is 6.54 Å². The van der Waals surface area contributed by atoms with Crippen LogP contribution in [-0.4, -0.2) is 16.7 Å². The summed E-state index contributed by atoms with van der Waals surface area (Å²) in [4.78, 5) is 0. The van der Waals surface area contributed by atoms with Crippen molar-refractivity contribution in [2.45, 2.75) is 20.3 Å². The average molecular weight is 217 g/mol. The van der Waals surface area contributed by atoms with E-state index in [9.17, 15) is 0 Å². The van der Waals surface area contributed by atoms with Crippen molar-refractivity contribution in [3.63, 3.8) is 0 Å². The summed E-state index contributed by atoms with van der Waals surface area (Å²) in [7, 11) is 0. The molecule has 84 valence electrons. The van der Waals surface area contributed by atoms with Gasteiger partial charge in [-0.1, -0.05) is 6.92 Å². The number of rotatable bonds is 4. The molecular weight excluding hydrogens is 202 g/mol. The largest absolute Gasteiger partial charge is 0.460 e. The summed E-state index contributed by atoms with van der Waals surface area (Å²) in [6.07, 6.45) is 1.07. The second kappa shape index (κ2) is 4.79. The third kappa shape index (κ3) is 2.39. The Kier molecular flexibility index (Phi) is 3.19. The number of nitrogens with zero attached hydrogens (tertiary/aromatic N) is 2. The maximum absolute atomic E-state index is 5.47. The highest BCUT2D eigenvalue weighted by molar-refractivity contribution is 5.53. The number of anilines is 1. The highest BCUT2D eigenvalue weighted by Gasteiger charge is 2.04. The monoisotopic (exact) mass is 217 g/mol. The molecule has 0 amide bonds. The zero-order valence-corrected chi connectivity index (χ0v) is 9.53. The lowest BCUT2D eigenvalue weighted by molar-refractivity contribution is 0.545. The Bertz CT molecular complexity index is 448. The maximum atomic E-state index is 5.47. The van der Waals surface area contributed by atoms with Crippen LogP contribution in [0.5, 0.6) is 0 Å². The number of aromatic nitrogens is 2. The molecule has 0 atom stereocenters. The van der Waals surface area contributed by atoms with Crippen LogP contribution in [0.4, 0.5) is 5.82 Å². The van der Waals surface area contributed by atoms with Crippen molar-refractivity contribution in [1.29, 1.82) is 0 Å². The maximum Gasteiger partial charge on any atom is 0.154 e. The van der Waals surface area contributed by atoms with Crippen molar-refractivity contribution >= 4 is 5.82 Å². The summed E-state index contributed by atoms with van der Waals surface area (Å²) in [5.41, 5.74) is 0.759. The van der Waals surface area contributed by atoms with Gasteiger partial charge >= 0.3 is 0 Å². The Morgan fingerprint density at radius 1 is 1.19 bits per heavy atom. The van der Waals surface area contributed by atoms with Crippen LogP contribution in [0.15, 0.2) is 28.7 Å². The molecule has 0 spiro atoms. The lowest BCUT2D eigenvalue weighted by Crippen LogP contribution is -2.02. The van der Waals surface area contributed by atoms with E-state index in [2.05, 4.69) is 22.4 Å². The molecule has 2 aromatic heterocycles. The molecule has 0 fully saturated rings. The number of aryl methyl sites for hydroxylation is 1. The van der Waals surface area contributed by atoms with E-state index in [-0.39, 0.29) is 0 Å². The van der Waals surface area contributed by atoms with E-state index in [1.165, 1.54) is 0 Å². The molecule has 0 aliphatic carbocycles. The van der Waals surface area contributed by atoms with E-state index >= 15 is 0 Å². The Hall–Kier alpha value is -1.84. The fraction of sp³-hybridized carbons (Fsp3) is 0.333. The van der Waals surface area contributed by atoms with Gasteiger partial charge in [0.2, 0.25) is 0 Å². The van der Waals surface area contributed by atoms with Crippen LogP contribution >= 0.6 is 0 Å². The molecule has 0 radical (unpaired) electrons. The van der Waals surface area contributed by atoms with Crippen LogP contribution in [0, 0.1) is 6.92 Å². The summed E-state index contributed by atoms with van der Waals surface area (Å²) in [5, 5.41) is 11.4. The molecule has 2 rings (SSSR count). The van der Waals surface area contributed by atoms with E-state index in [0.29, 0.717) is 0 Å². The minimum Gasteiger partial charge on any atom is -0.460 e. The van der Waals surface area contributed by atoms with E-state index in [4.69, 9.17) is 4.42 Å². The number of hydrogen-bond donors (Lipinski definition) is 1. The predicted molar refractivity (Wildman–Crippen MR) is 63.3 cm³/mol. The molecule has 0 saturated heterocycles. The Labute approximate surface area is 94.7 Å². The van der Waals surface area contributed by atoms with Crippen molar-refractivity contribution in [2.24, 2.45) is 0 Å². The van der Waals surface area contributed by atoms with Crippen molar-refractivity contribution in [3.8, 4) is 11.5 Å². The quantitative estimate of drug-likeness (QED) is 0.855. The van der Waals surface area contributed by atoms with Crippen molar-refractivity contribution in [3.05, 3.63) is 30.0 Å². The zero-order chi connectivity index (χ0) is 11.4. The standard InChI is InChI=1S/C12H15N3O/c1-3-8-13-12-7-5-10(14-15-12)11-6-4-9(2)16-11/h4-7H,3,8H2,1-2H3,(H,13,15). The summed E-state index contributed by atoms with van der Waals surface area (Å²) in [6.45, 7) is 4.93. The molecule has 0 aliphatic rings. The zero-order valence-electron chi connectivity index (χ0n) is 9.53. The molecule has 2 aromatic rings. The van der Waals surface area contributed by atoms with Gasteiger partial charge in [-0.3, -0.25) is 0 Å². The first kappa shape index (κ1) is 10.7. The van der Waals surface area contributed by atoms with Crippen LogP contribution in [0.25, 0.3) is 11.5 Å². The summed E-state index contributed by atoms with van der Waals surface area (Å²) >= 11 is 0. The molecule has 0 aromatic carbocycles. The molecule has 0 aliphatic heterocycles. The summed E-state index contributed by atoms with van der Waals surface area (Å²) < 4.78 is 5.47. The molecule has 4 nitrogen and oxygen atoms in total. The Morgan fingerprint density at radius 3 is 2.62 bits per heavy atom. The molecule has 16 heavy (non-hydrogen) atoms. The van der Waals surface area contributed by atoms with Crippen LogP contribution in [0.1, 0.15) is 19.1 Å². The number of furan rings is 1. The van der Waals surface area contributed by atoms with Crippen molar-refractivity contribution < 1.29 is 4.42 Å². The average Bonchev–Trinajstić information content (AvgIpc) is 2.74. The topological polar surface area (TPSA) is 51.0 Å². The molecule has 2 heterocycles. The smallest absolute Gasteiger partial charge is 0.154 e. The fourth-order valence-electron chi connectivity index (χ4n) is 1.38. The summed E-state index contributed by atoms with van der Waals surface area (Å²) in [6, 6.07) is 7.64. The van der Waals surface area contributed by atoms with Gasteiger partial charge in [-0.2, -0.15) is 0 Å². The van der Waals surface area contributed by atoms with E-state index < -0.39 is 0 Å². The number of hydrogen-bond acceptors (Lipinski definition) is 4. The SMILES string of the molecule is CCCNc1ccc(-c2ccc(C)o2)nn1. The molecule has 1 N–H and O–H groups in total. The first-order valence-corrected chi connectivity index (χ1v) is 5.44. The Morgan fingerprint density at radius 2 is 2.06 bits per heavy atom. The number of nitrogens with one attached hydrogen (secondary N) is 1. The van der Waals surface area contributed by atoms with Gasteiger partial charge in [-0.25, -0.2) is 0 Å². The second-order valence-electron chi connectivity index (χ2n) is 3.64. The second-order valence-corrected chi connectivity index (χ2v) is 3.64. The predicted octanol–water partition coefficient (Wildman–Crippen LogP) is 2.87. The van der Waals surface area contributed by atoms with Gasteiger partial charge in [-0.15, -0.1) is 10.2 Å². The third-order valence-corrected chi connectivity index (χ3v) is 2.21. The Balaban J connectivity index is 2.13. The first-order valence-electron chi connectivity index (χ1n) is 5.44. The van der Waals surface area contributed by atoms with Crippen LogP contribution in [0.3, 0.4) is 0 Å². The highest BCUT2D eigenvalue weighted by Crippen LogP contribution is 2.19. The lowest BCUT2D eigenvalue weighted by Gasteiger charge is -2.02. The highest BCUT2D eigenvalue weighted by atomic mass is 16.3. The van der Waals surface area contributed by atoms with Crippen LogP contribution in [-0.2, 0) is 0 Å². The lowest BCUT2D eigenvalue weighted by atomic mass is 10.3. The fourth-order valence-corrected chi connectivity index (χ4v) is 1.38. The van der Waals surface area contributed by atoms with E-state index in [1.54, 1.807) is 0 Å². The van der Waals surface area contributed by atoms with Gasteiger partial charge in [-0.05, 0) is 37.6 Å². The van der Waals surface area contributed by atoms with Gasteiger partial charge in [0.1, 0.15) is 17.3 Å². The van der Waals surface area contributed by atoms with Crippen molar-refractivity contribution in [1.82, 2.24) is 10.2 Å². The first-order chi connectivity index (χ1) is 7.79. The molecular formula is C12H15N3O. The van der Waals surface area contributed by atoms with Gasteiger partial charge in [0.25, 0.3) is 0 Å². The molecule has 4 heteroatoms. The van der Waals surface area contributed by atoms with Gasteiger partial charge in [0.05, 0.1) is 0 Å². The molecule has 0 saturated carbocycles.